The molecular formula is C30H38ClN3O5. The lowest BCUT2D eigenvalue weighted by Crippen LogP contribution is -2.35. The molecule has 0 aliphatic heterocycles. The number of halogens is 1. The molecule has 2 N–H and O–H groups in total. The van der Waals surface area contributed by atoms with Crippen LogP contribution in [-0.2, 0) is 11.2 Å². The minimum atomic E-state index is -0.713. The van der Waals surface area contributed by atoms with Gasteiger partial charge in [-0.25, -0.2) is 0 Å². The minimum absolute atomic E-state index is 0.0379. The highest BCUT2D eigenvalue weighted by Gasteiger charge is 2.19. The zero-order valence-corrected chi connectivity index (χ0v) is 23.9. The van der Waals surface area contributed by atoms with Gasteiger partial charge in [-0.05, 0) is 56.3 Å². The van der Waals surface area contributed by atoms with Crippen molar-refractivity contribution in [2.75, 3.05) is 32.8 Å². The Morgan fingerprint density at radius 1 is 1.08 bits per heavy atom. The Labute approximate surface area is 235 Å². The molecule has 0 aliphatic rings. The predicted octanol–water partition coefficient (Wildman–Crippen LogP) is 5.42. The first-order valence-electron chi connectivity index (χ1n) is 13.5. The molecule has 0 radical (unpaired) electrons. The van der Waals surface area contributed by atoms with Crippen LogP contribution in [-0.4, -0.2) is 65.6 Å². The van der Waals surface area contributed by atoms with E-state index in [2.05, 4.69) is 15.2 Å². The molecule has 3 aromatic rings. The van der Waals surface area contributed by atoms with E-state index in [0.717, 1.165) is 25.1 Å². The average Bonchev–Trinajstić information content (AvgIpc) is 2.92. The monoisotopic (exact) mass is 555 g/mol. The fraction of sp³-hybridized carbons (Fsp3) is 0.433. The van der Waals surface area contributed by atoms with Crippen molar-refractivity contribution >= 4 is 34.2 Å². The molecule has 1 heterocycles. The molecule has 39 heavy (non-hydrogen) atoms. The van der Waals surface area contributed by atoms with Crippen LogP contribution in [0.25, 0.3) is 10.9 Å². The van der Waals surface area contributed by atoms with Crippen LogP contribution in [0.4, 0.5) is 0 Å². The number of carbonyl (C=O) groups excluding carboxylic acids is 2. The molecule has 0 saturated heterocycles. The van der Waals surface area contributed by atoms with Gasteiger partial charge >= 0.3 is 0 Å². The van der Waals surface area contributed by atoms with Gasteiger partial charge in [0.15, 0.2) is 0 Å². The van der Waals surface area contributed by atoms with Gasteiger partial charge in [0.25, 0.3) is 5.91 Å². The summed E-state index contributed by atoms with van der Waals surface area (Å²) in [5.74, 6) is 1.17. The second kappa shape index (κ2) is 14.8. The van der Waals surface area contributed by atoms with Gasteiger partial charge in [-0.1, -0.05) is 38.4 Å². The van der Waals surface area contributed by atoms with E-state index in [4.69, 9.17) is 21.1 Å². The number of nitrogens with one attached hydrogen (secondary N) is 1. The van der Waals surface area contributed by atoms with Gasteiger partial charge in [0, 0.05) is 48.6 Å². The Morgan fingerprint density at radius 3 is 2.51 bits per heavy atom. The molecule has 9 heteroatoms. The van der Waals surface area contributed by atoms with Gasteiger partial charge in [0.2, 0.25) is 0 Å². The van der Waals surface area contributed by atoms with Gasteiger partial charge in [-0.3, -0.25) is 14.6 Å². The van der Waals surface area contributed by atoms with Crippen LogP contribution in [0.2, 0.25) is 5.02 Å². The molecule has 0 spiro atoms. The van der Waals surface area contributed by atoms with E-state index in [0.29, 0.717) is 58.2 Å². The van der Waals surface area contributed by atoms with E-state index >= 15 is 0 Å². The van der Waals surface area contributed by atoms with Crippen LogP contribution in [0.3, 0.4) is 0 Å². The number of Topliss-reactive ketones (excluding diaryl/α,β-unsaturated/α-hetero) is 1. The molecule has 3 rings (SSSR count). The summed E-state index contributed by atoms with van der Waals surface area (Å²) in [4.78, 5) is 31.5. The van der Waals surface area contributed by atoms with Crippen LogP contribution in [0.15, 0.2) is 42.6 Å². The third-order valence-electron chi connectivity index (χ3n) is 6.35. The van der Waals surface area contributed by atoms with Crippen molar-refractivity contribution in [3.8, 4) is 17.2 Å². The Bertz CT molecular complexity index is 1280. The molecule has 1 atom stereocenters. The first kappa shape index (κ1) is 30.3. The van der Waals surface area contributed by atoms with Crippen molar-refractivity contribution in [2.45, 2.75) is 53.1 Å². The maximum atomic E-state index is 12.9. The summed E-state index contributed by atoms with van der Waals surface area (Å²) in [6.07, 6.45) is 2.51. The number of nitrogens with zero attached hydrogens (tertiary/aromatic N) is 2. The third-order valence-corrected chi connectivity index (χ3v) is 6.70. The maximum absolute atomic E-state index is 12.9. The van der Waals surface area contributed by atoms with Crippen molar-refractivity contribution in [3.05, 3.63) is 58.7 Å². The number of hydrogen-bond acceptors (Lipinski definition) is 7. The van der Waals surface area contributed by atoms with Crippen molar-refractivity contribution in [1.29, 1.82) is 0 Å². The standard InChI is InChI=1S/C30H38ClN3O5/c1-5-9-21(35)14-20-10-11-23(15-26(20)31)39-28-12-13-33-27-17-29(25(16-24(27)28)30(37)32-6-2)38-19-22(36)18-34(7-3)8-4/h10-13,15-17,22,36H,5-9,14,18-19H2,1-4H3,(H,32,37)/t22-/m1/s1. The van der Waals surface area contributed by atoms with E-state index < -0.39 is 6.10 Å². The van der Waals surface area contributed by atoms with E-state index in [9.17, 15) is 14.7 Å². The normalized spacial score (nSPS) is 12.0. The lowest BCUT2D eigenvalue weighted by atomic mass is 10.1. The van der Waals surface area contributed by atoms with E-state index in [1.165, 1.54) is 0 Å². The number of aliphatic hydroxyl groups excluding tert-OH is 1. The van der Waals surface area contributed by atoms with Crippen LogP contribution in [0, 0.1) is 0 Å². The second-order valence-corrected chi connectivity index (χ2v) is 9.71. The van der Waals surface area contributed by atoms with Crippen molar-refractivity contribution in [2.24, 2.45) is 0 Å². The number of ketones is 1. The van der Waals surface area contributed by atoms with Crippen LogP contribution < -0.4 is 14.8 Å². The fourth-order valence-electron chi connectivity index (χ4n) is 4.25. The first-order valence-corrected chi connectivity index (χ1v) is 13.9. The summed E-state index contributed by atoms with van der Waals surface area (Å²) in [5.41, 5.74) is 1.65. The zero-order valence-electron chi connectivity index (χ0n) is 23.1. The van der Waals surface area contributed by atoms with Gasteiger partial charge in [0.05, 0.1) is 11.1 Å². The number of hydrogen-bond donors (Lipinski definition) is 2. The van der Waals surface area contributed by atoms with E-state index in [-0.39, 0.29) is 24.7 Å². The lowest BCUT2D eigenvalue weighted by Gasteiger charge is -2.22. The van der Waals surface area contributed by atoms with Gasteiger partial charge < -0.3 is 24.8 Å². The number of amides is 1. The molecule has 1 amide bonds. The van der Waals surface area contributed by atoms with Crippen molar-refractivity contribution in [3.63, 3.8) is 0 Å². The van der Waals surface area contributed by atoms with Gasteiger partial charge in [-0.2, -0.15) is 0 Å². The summed E-state index contributed by atoms with van der Waals surface area (Å²) >= 11 is 6.45. The highest BCUT2D eigenvalue weighted by molar-refractivity contribution is 6.31. The molecule has 1 aromatic heterocycles. The third kappa shape index (κ3) is 8.39. The number of carbonyl (C=O) groups is 2. The fourth-order valence-corrected chi connectivity index (χ4v) is 4.49. The molecule has 2 aromatic carbocycles. The average molecular weight is 556 g/mol. The summed E-state index contributed by atoms with van der Waals surface area (Å²) in [6.45, 7) is 10.5. The van der Waals surface area contributed by atoms with E-state index in [1.54, 1.807) is 42.6 Å². The molecule has 0 fully saturated rings. The molecule has 0 unspecified atom stereocenters. The zero-order chi connectivity index (χ0) is 28.4. The van der Waals surface area contributed by atoms with Gasteiger partial charge in [-0.15, -0.1) is 0 Å². The number of aromatic nitrogens is 1. The number of likely N-dealkylation sites (N-methyl/N-ethyl adjacent to an activating group) is 1. The Balaban J connectivity index is 1.89. The predicted molar refractivity (Wildman–Crippen MR) is 154 cm³/mol. The van der Waals surface area contributed by atoms with Crippen molar-refractivity contribution < 1.29 is 24.2 Å². The molecule has 210 valence electrons. The highest BCUT2D eigenvalue weighted by atomic mass is 35.5. The number of ether oxygens (including phenoxy) is 2. The quantitative estimate of drug-likeness (QED) is 0.258. The number of benzene rings is 2. The summed E-state index contributed by atoms with van der Waals surface area (Å²) in [6, 6.07) is 10.3. The number of aliphatic hydroxyl groups is 1. The smallest absolute Gasteiger partial charge is 0.255 e. The summed E-state index contributed by atoms with van der Waals surface area (Å²) in [7, 11) is 0. The lowest BCUT2D eigenvalue weighted by molar-refractivity contribution is -0.118. The van der Waals surface area contributed by atoms with Crippen LogP contribution in [0.1, 0.15) is 56.5 Å². The highest BCUT2D eigenvalue weighted by Crippen LogP contribution is 2.35. The molecule has 0 bridgehead atoms. The minimum Gasteiger partial charge on any atom is -0.490 e. The van der Waals surface area contributed by atoms with Crippen LogP contribution >= 0.6 is 11.6 Å². The van der Waals surface area contributed by atoms with E-state index in [1.807, 2.05) is 27.7 Å². The first-order chi connectivity index (χ1) is 18.8. The Morgan fingerprint density at radius 2 is 1.85 bits per heavy atom. The summed E-state index contributed by atoms with van der Waals surface area (Å²) in [5, 5.41) is 14.4. The Hall–Kier alpha value is -3.20. The maximum Gasteiger partial charge on any atom is 0.255 e. The van der Waals surface area contributed by atoms with Crippen LogP contribution in [0.5, 0.6) is 17.2 Å². The second-order valence-electron chi connectivity index (χ2n) is 9.31. The molecule has 0 saturated carbocycles. The molecule has 0 aliphatic carbocycles. The molecule has 8 nitrogen and oxygen atoms in total. The largest absolute Gasteiger partial charge is 0.490 e. The number of pyridine rings is 1. The Kier molecular flexibility index (Phi) is 11.5. The SMILES string of the molecule is CCCC(=O)Cc1ccc(Oc2ccnc3cc(OC[C@H](O)CN(CC)CC)c(C(=O)NCC)cc23)cc1Cl. The van der Waals surface area contributed by atoms with Gasteiger partial charge in [0.1, 0.15) is 35.7 Å². The molecular weight excluding hydrogens is 518 g/mol. The van der Waals surface area contributed by atoms with Crippen molar-refractivity contribution in [1.82, 2.24) is 15.2 Å². The topological polar surface area (TPSA) is 101 Å². The number of fused-ring (bicyclic) bond motifs is 1. The summed E-state index contributed by atoms with van der Waals surface area (Å²) < 4.78 is 12.1. The number of rotatable bonds is 15.